The number of piperazine rings is 1. The third-order valence-corrected chi connectivity index (χ3v) is 4.20. The first-order valence-corrected chi connectivity index (χ1v) is 8.40. The Bertz CT molecular complexity index is 716. The highest BCUT2D eigenvalue weighted by Gasteiger charge is 2.22. The van der Waals surface area contributed by atoms with Crippen LogP contribution in [0.1, 0.15) is 12.5 Å². The Hall–Kier alpha value is -2.67. The van der Waals surface area contributed by atoms with E-state index in [1.165, 1.54) is 0 Å². The first-order valence-electron chi connectivity index (χ1n) is 8.40. The van der Waals surface area contributed by atoms with Crippen molar-refractivity contribution < 1.29 is 14.6 Å². The molecule has 2 heterocycles. The lowest BCUT2D eigenvalue weighted by molar-refractivity contribution is 0.0776. The number of carbonyl (C=O) groups is 1. The number of rotatable bonds is 4. The van der Waals surface area contributed by atoms with Gasteiger partial charge in [0.25, 0.3) is 0 Å². The number of nitrogens with zero attached hydrogens (tertiary/aromatic N) is 4. The van der Waals surface area contributed by atoms with Crippen molar-refractivity contribution >= 4 is 6.09 Å². The largest absolute Gasteiger partial charge is 0.508 e. The lowest BCUT2D eigenvalue weighted by Crippen LogP contribution is -2.48. The Balaban J connectivity index is 1.65. The van der Waals surface area contributed by atoms with E-state index in [4.69, 9.17) is 4.74 Å². The second kappa shape index (κ2) is 7.94. The average Bonchev–Trinajstić information content (AvgIpc) is 2.65. The monoisotopic (exact) mass is 342 g/mol. The van der Waals surface area contributed by atoms with E-state index < -0.39 is 0 Å². The van der Waals surface area contributed by atoms with Crippen molar-refractivity contribution in [1.29, 1.82) is 0 Å². The molecule has 1 saturated heterocycles. The van der Waals surface area contributed by atoms with Crippen molar-refractivity contribution in [3.05, 3.63) is 42.2 Å². The van der Waals surface area contributed by atoms with Crippen LogP contribution in [-0.4, -0.2) is 63.8 Å². The molecule has 1 fully saturated rings. The predicted molar refractivity (Wildman–Crippen MR) is 93.0 cm³/mol. The van der Waals surface area contributed by atoms with E-state index in [-0.39, 0.29) is 11.8 Å². The van der Waals surface area contributed by atoms with Gasteiger partial charge < -0.3 is 14.7 Å². The van der Waals surface area contributed by atoms with Gasteiger partial charge in [-0.25, -0.2) is 14.8 Å². The van der Waals surface area contributed by atoms with Crippen LogP contribution < -0.4 is 0 Å². The van der Waals surface area contributed by atoms with Gasteiger partial charge in [0.15, 0.2) is 5.82 Å². The molecule has 132 valence electrons. The van der Waals surface area contributed by atoms with E-state index in [9.17, 15) is 9.90 Å². The van der Waals surface area contributed by atoms with E-state index >= 15 is 0 Å². The fourth-order valence-electron chi connectivity index (χ4n) is 2.84. The Labute approximate surface area is 146 Å². The van der Waals surface area contributed by atoms with Gasteiger partial charge in [-0.1, -0.05) is 0 Å². The van der Waals surface area contributed by atoms with Crippen LogP contribution in [-0.2, 0) is 11.3 Å². The Morgan fingerprint density at radius 2 is 1.92 bits per heavy atom. The molecule has 7 nitrogen and oxygen atoms in total. The number of ether oxygens (including phenoxy) is 1. The molecular weight excluding hydrogens is 320 g/mol. The van der Waals surface area contributed by atoms with Gasteiger partial charge in [0.2, 0.25) is 0 Å². The molecule has 0 spiro atoms. The molecule has 25 heavy (non-hydrogen) atoms. The smallest absolute Gasteiger partial charge is 0.409 e. The molecule has 1 N–H and O–H groups in total. The van der Waals surface area contributed by atoms with Gasteiger partial charge in [0, 0.05) is 56.2 Å². The summed E-state index contributed by atoms with van der Waals surface area (Å²) in [6.07, 6.45) is 3.14. The molecule has 0 unspecified atom stereocenters. The summed E-state index contributed by atoms with van der Waals surface area (Å²) in [4.78, 5) is 24.2. The topological polar surface area (TPSA) is 78.8 Å². The van der Waals surface area contributed by atoms with Gasteiger partial charge in [-0.05, 0) is 31.2 Å². The molecule has 7 heteroatoms. The van der Waals surface area contributed by atoms with E-state index in [1.54, 1.807) is 36.4 Å². The lowest BCUT2D eigenvalue weighted by Gasteiger charge is -2.34. The lowest BCUT2D eigenvalue weighted by atomic mass is 10.1. The van der Waals surface area contributed by atoms with E-state index in [0.29, 0.717) is 32.1 Å². The molecule has 1 amide bonds. The summed E-state index contributed by atoms with van der Waals surface area (Å²) < 4.78 is 5.03. The maximum absolute atomic E-state index is 11.8. The first-order chi connectivity index (χ1) is 12.2. The van der Waals surface area contributed by atoms with Crippen molar-refractivity contribution in [2.45, 2.75) is 13.5 Å². The van der Waals surface area contributed by atoms with Crippen LogP contribution in [0.2, 0.25) is 0 Å². The number of aromatic nitrogens is 2. The van der Waals surface area contributed by atoms with Crippen molar-refractivity contribution in [2.24, 2.45) is 0 Å². The van der Waals surface area contributed by atoms with Crippen molar-refractivity contribution in [1.82, 2.24) is 19.8 Å². The van der Waals surface area contributed by atoms with Crippen molar-refractivity contribution in [2.75, 3.05) is 32.8 Å². The molecule has 1 aliphatic rings. The maximum Gasteiger partial charge on any atom is 0.409 e. The molecule has 1 aromatic heterocycles. The molecule has 0 bridgehead atoms. The standard InChI is InChI=1S/C18H22N4O3/c1-2-25-18(24)22-10-8-21(9-11-22)13-15-12-14(4-5-16(15)23)17-19-6-3-7-20-17/h3-7,12,23H,2,8-11,13H2,1H3. The summed E-state index contributed by atoms with van der Waals surface area (Å²) in [5.41, 5.74) is 1.70. The minimum Gasteiger partial charge on any atom is -0.508 e. The maximum atomic E-state index is 11.8. The van der Waals surface area contributed by atoms with Gasteiger partial charge in [0.05, 0.1) is 6.61 Å². The number of aromatic hydroxyl groups is 1. The summed E-state index contributed by atoms with van der Waals surface area (Å²) in [5, 5.41) is 10.2. The highest BCUT2D eigenvalue weighted by atomic mass is 16.6. The second-order valence-electron chi connectivity index (χ2n) is 5.88. The summed E-state index contributed by atoms with van der Waals surface area (Å²) in [5.74, 6) is 0.892. The molecule has 0 atom stereocenters. The van der Waals surface area contributed by atoms with E-state index in [1.807, 2.05) is 12.1 Å². The molecular formula is C18H22N4O3. The van der Waals surface area contributed by atoms with Crippen LogP contribution in [0, 0.1) is 0 Å². The number of hydrogen-bond acceptors (Lipinski definition) is 6. The number of hydrogen-bond donors (Lipinski definition) is 1. The SMILES string of the molecule is CCOC(=O)N1CCN(Cc2cc(-c3ncccn3)ccc2O)CC1. The number of benzene rings is 1. The van der Waals surface area contributed by atoms with Crippen LogP contribution in [0.25, 0.3) is 11.4 Å². The van der Waals surface area contributed by atoms with Gasteiger partial charge in [-0.2, -0.15) is 0 Å². The number of amides is 1. The van der Waals surface area contributed by atoms with Crippen molar-refractivity contribution in [3.8, 4) is 17.1 Å². The zero-order valence-corrected chi connectivity index (χ0v) is 14.3. The minimum atomic E-state index is -0.256. The fourth-order valence-corrected chi connectivity index (χ4v) is 2.84. The second-order valence-corrected chi connectivity index (χ2v) is 5.88. The van der Waals surface area contributed by atoms with Crippen LogP contribution in [0.5, 0.6) is 5.75 Å². The van der Waals surface area contributed by atoms with Gasteiger partial charge in [-0.3, -0.25) is 4.90 Å². The summed E-state index contributed by atoms with van der Waals surface area (Å²) in [6, 6.07) is 7.18. The molecule has 1 aromatic carbocycles. The van der Waals surface area contributed by atoms with Gasteiger partial charge in [-0.15, -0.1) is 0 Å². The quantitative estimate of drug-likeness (QED) is 0.917. The number of carbonyl (C=O) groups excluding carboxylic acids is 1. The molecule has 3 rings (SSSR count). The molecule has 0 saturated carbocycles. The Morgan fingerprint density at radius 3 is 2.60 bits per heavy atom. The highest BCUT2D eigenvalue weighted by molar-refractivity contribution is 5.67. The molecule has 1 aliphatic heterocycles. The van der Waals surface area contributed by atoms with Crippen LogP contribution in [0.3, 0.4) is 0 Å². The van der Waals surface area contributed by atoms with Gasteiger partial charge in [0.1, 0.15) is 5.75 Å². The van der Waals surface area contributed by atoms with Crippen LogP contribution in [0.4, 0.5) is 4.79 Å². The normalized spacial score (nSPS) is 15.2. The molecule has 0 aliphatic carbocycles. The average molecular weight is 342 g/mol. The van der Waals surface area contributed by atoms with Crippen LogP contribution >= 0.6 is 0 Å². The fraction of sp³-hybridized carbons (Fsp3) is 0.389. The zero-order chi connectivity index (χ0) is 17.6. The summed E-state index contributed by atoms with van der Waals surface area (Å²) in [7, 11) is 0. The molecule has 0 radical (unpaired) electrons. The van der Waals surface area contributed by atoms with Crippen molar-refractivity contribution in [3.63, 3.8) is 0 Å². The van der Waals surface area contributed by atoms with Crippen LogP contribution in [0.15, 0.2) is 36.7 Å². The third kappa shape index (κ3) is 4.24. The summed E-state index contributed by atoms with van der Waals surface area (Å²) in [6.45, 7) is 5.54. The first kappa shape index (κ1) is 17.2. The minimum absolute atomic E-state index is 0.256. The van der Waals surface area contributed by atoms with Gasteiger partial charge >= 0.3 is 6.09 Å². The number of phenolic OH excluding ortho intramolecular Hbond substituents is 1. The predicted octanol–water partition coefficient (Wildman–Crippen LogP) is 2.12. The third-order valence-electron chi connectivity index (χ3n) is 4.20. The zero-order valence-electron chi connectivity index (χ0n) is 14.3. The Morgan fingerprint density at radius 1 is 1.20 bits per heavy atom. The summed E-state index contributed by atoms with van der Waals surface area (Å²) >= 11 is 0. The molecule has 2 aromatic rings. The number of phenols is 1. The Kier molecular flexibility index (Phi) is 5.45. The van der Waals surface area contributed by atoms with E-state index in [2.05, 4.69) is 14.9 Å². The highest BCUT2D eigenvalue weighted by Crippen LogP contribution is 2.25. The van der Waals surface area contributed by atoms with E-state index in [0.717, 1.165) is 24.2 Å².